The molecule has 1 fully saturated rings. The summed E-state index contributed by atoms with van der Waals surface area (Å²) >= 11 is 0. The summed E-state index contributed by atoms with van der Waals surface area (Å²) in [5.41, 5.74) is -1.56. The Labute approximate surface area is 91.0 Å². The standard InChI is InChI=1S/C11H20N2O2/c1-7(2)13-9(15)10(3,4)12-8(14)11(13,5)6/h7H,1-6H3,(H,12,14). The lowest BCUT2D eigenvalue weighted by molar-refractivity contribution is -0.162. The van der Waals surface area contributed by atoms with Crippen molar-refractivity contribution in [1.82, 2.24) is 10.2 Å². The fourth-order valence-electron chi connectivity index (χ4n) is 2.03. The van der Waals surface area contributed by atoms with Gasteiger partial charge in [0.1, 0.15) is 11.1 Å². The van der Waals surface area contributed by atoms with Crippen LogP contribution in [-0.4, -0.2) is 33.8 Å². The number of nitrogens with one attached hydrogen (secondary N) is 1. The van der Waals surface area contributed by atoms with Crippen molar-refractivity contribution in [3.8, 4) is 0 Å². The van der Waals surface area contributed by atoms with Crippen LogP contribution in [0.3, 0.4) is 0 Å². The van der Waals surface area contributed by atoms with Crippen molar-refractivity contribution in [2.24, 2.45) is 0 Å². The third kappa shape index (κ3) is 1.73. The summed E-state index contributed by atoms with van der Waals surface area (Å²) in [6.45, 7) is 10.9. The monoisotopic (exact) mass is 212 g/mol. The van der Waals surface area contributed by atoms with Crippen molar-refractivity contribution < 1.29 is 9.59 Å². The number of carbonyl (C=O) groups is 2. The lowest BCUT2D eigenvalue weighted by atomic mass is 9.88. The molecule has 2 amide bonds. The molecule has 1 heterocycles. The number of hydrogen-bond donors (Lipinski definition) is 1. The number of carbonyl (C=O) groups excluding carboxylic acids is 2. The Morgan fingerprint density at radius 1 is 1.13 bits per heavy atom. The number of nitrogens with zero attached hydrogens (tertiary/aromatic N) is 1. The molecule has 0 bridgehead atoms. The predicted octanol–water partition coefficient (Wildman–Crippen LogP) is 0.910. The van der Waals surface area contributed by atoms with Crippen LogP contribution >= 0.6 is 0 Å². The smallest absolute Gasteiger partial charge is 0.248 e. The van der Waals surface area contributed by atoms with Crippen LogP contribution in [0.1, 0.15) is 41.5 Å². The topological polar surface area (TPSA) is 49.4 Å². The molecule has 4 heteroatoms. The SMILES string of the molecule is CC(C)N1C(=O)C(C)(C)NC(=O)C1(C)C. The van der Waals surface area contributed by atoms with Gasteiger partial charge in [0, 0.05) is 6.04 Å². The highest BCUT2D eigenvalue weighted by Gasteiger charge is 2.50. The van der Waals surface area contributed by atoms with Crippen LogP contribution in [0.15, 0.2) is 0 Å². The second-order valence-electron chi connectivity index (χ2n) is 5.41. The maximum Gasteiger partial charge on any atom is 0.248 e. The molecule has 1 N–H and O–H groups in total. The van der Waals surface area contributed by atoms with Crippen LogP contribution in [0.2, 0.25) is 0 Å². The summed E-state index contributed by atoms with van der Waals surface area (Å²) in [5, 5.41) is 2.75. The van der Waals surface area contributed by atoms with E-state index in [0.29, 0.717) is 0 Å². The van der Waals surface area contributed by atoms with Crippen molar-refractivity contribution in [2.45, 2.75) is 58.7 Å². The summed E-state index contributed by atoms with van der Waals surface area (Å²) in [6, 6.07) is 0.0258. The number of hydrogen-bond acceptors (Lipinski definition) is 2. The van der Waals surface area contributed by atoms with E-state index < -0.39 is 11.1 Å². The summed E-state index contributed by atoms with van der Waals surface area (Å²) in [5.74, 6) is -0.122. The van der Waals surface area contributed by atoms with Gasteiger partial charge in [0.2, 0.25) is 11.8 Å². The predicted molar refractivity (Wildman–Crippen MR) is 58.3 cm³/mol. The molecule has 1 aliphatic rings. The van der Waals surface area contributed by atoms with E-state index in [4.69, 9.17) is 0 Å². The Balaban J connectivity index is 3.18. The Morgan fingerprint density at radius 3 is 2.00 bits per heavy atom. The summed E-state index contributed by atoms with van der Waals surface area (Å²) in [6.07, 6.45) is 0. The fourth-order valence-corrected chi connectivity index (χ4v) is 2.03. The Morgan fingerprint density at radius 2 is 1.60 bits per heavy atom. The van der Waals surface area contributed by atoms with Crippen molar-refractivity contribution in [1.29, 1.82) is 0 Å². The first-order valence-electron chi connectivity index (χ1n) is 5.27. The van der Waals surface area contributed by atoms with Gasteiger partial charge in [-0.05, 0) is 41.5 Å². The molecule has 1 rings (SSSR count). The number of piperazine rings is 1. The third-order valence-corrected chi connectivity index (χ3v) is 2.85. The Bertz CT molecular complexity index is 306. The molecule has 86 valence electrons. The molecule has 0 aliphatic carbocycles. The van der Waals surface area contributed by atoms with E-state index in [2.05, 4.69) is 5.32 Å². The van der Waals surface area contributed by atoms with E-state index in [1.54, 1.807) is 32.6 Å². The average Bonchev–Trinajstić information content (AvgIpc) is 1.99. The van der Waals surface area contributed by atoms with E-state index in [-0.39, 0.29) is 17.9 Å². The molecule has 4 nitrogen and oxygen atoms in total. The van der Waals surface area contributed by atoms with Gasteiger partial charge in [-0.1, -0.05) is 0 Å². The van der Waals surface area contributed by atoms with Gasteiger partial charge in [-0.3, -0.25) is 9.59 Å². The van der Waals surface area contributed by atoms with Crippen molar-refractivity contribution in [3.63, 3.8) is 0 Å². The van der Waals surface area contributed by atoms with Crippen LogP contribution in [0.25, 0.3) is 0 Å². The Kier molecular flexibility index (Phi) is 2.58. The van der Waals surface area contributed by atoms with E-state index in [0.717, 1.165) is 0 Å². The normalized spacial score (nSPS) is 24.3. The van der Waals surface area contributed by atoms with Crippen LogP contribution < -0.4 is 5.32 Å². The molecule has 0 aromatic carbocycles. The molecule has 0 spiro atoms. The molecule has 0 radical (unpaired) electrons. The lowest BCUT2D eigenvalue weighted by Gasteiger charge is -2.49. The first-order valence-corrected chi connectivity index (χ1v) is 5.27. The van der Waals surface area contributed by atoms with Gasteiger partial charge in [0.05, 0.1) is 0 Å². The fraction of sp³-hybridized carbons (Fsp3) is 0.818. The second-order valence-corrected chi connectivity index (χ2v) is 5.41. The van der Waals surface area contributed by atoms with E-state index in [1.807, 2.05) is 13.8 Å². The molecule has 0 aromatic heterocycles. The second kappa shape index (κ2) is 3.22. The Hall–Kier alpha value is -1.06. The summed E-state index contributed by atoms with van der Waals surface area (Å²) < 4.78 is 0. The van der Waals surface area contributed by atoms with E-state index in [1.165, 1.54) is 0 Å². The molecular weight excluding hydrogens is 192 g/mol. The van der Waals surface area contributed by atoms with E-state index >= 15 is 0 Å². The van der Waals surface area contributed by atoms with Crippen molar-refractivity contribution in [3.05, 3.63) is 0 Å². The maximum absolute atomic E-state index is 12.2. The molecule has 0 aromatic rings. The molecular formula is C11H20N2O2. The van der Waals surface area contributed by atoms with Gasteiger partial charge in [0.15, 0.2) is 0 Å². The molecule has 0 unspecified atom stereocenters. The first-order chi connectivity index (χ1) is 6.60. The van der Waals surface area contributed by atoms with Crippen molar-refractivity contribution >= 4 is 11.8 Å². The largest absolute Gasteiger partial charge is 0.340 e. The van der Waals surface area contributed by atoms with Gasteiger partial charge in [-0.2, -0.15) is 0 Å². The minimum absolute atomic E-state index is 0.0258. The zero-order chi connectivity index (χ0) is 12.0. The van der Waals surface area contributed by atoms with Crippen LogP contribution in [-0.2, 0) is 9.59 Å². The van der Waals surface area contributed by atoms with Crippen LogP contribution in [0.5, 0.6) is 0 Å². The average molecular weight is 212 g/mol. The van der Waals surface area contributed by atoms with Gasteiger partial charge in [-0.15, -0.1) is 0 Å². The first kappa shape index (κ1) is 12.0. The van der Waals surface area contributed by atoms with Gasteiger partial charge in [-0.25, -0.2) is 0 Å². The lowest BCUT2D eigenvalue weighted by Crippen LogP contribution is -2.73. The number of amides is 2. The minimum Gasteiger partial charge on any atom is -0.340 e. The quantitative estimate of drug-likeness (QED) is 0.702. The zero-order valence-electron chi connectivity index (χ0n) is 10.3. The van der Waals surface area contributed by atoms with Gasteiger partial charge < -0.3 is 10.2 Å². The maximum atomic E-state index is 12.2. The van der Waals surface area contributed by atoms with E-state index in [9.17, 15) is 9.59 Å². The highest BCUT2D eigenvalue weighted by atomic mass is 16.2. The molecule has 0 atom stereocenters. The van der Waals surface area contributed by atoms with Gasteiger partial charge in [0.25, 0.3) is 0 Å². The number of rotatable bonds is 1. The minimum atomic E-state index is -0.795. The highest BCUT2D eigenvalue weighted by Crippen LogP contribution is 2.27. The summed E-state index contributed by atoms with van der Waals surface area (Å²) in [7, 11) is 0. The van der Waals surface area contributed by atoms with Gasteiger partial charge >= 0.3 is 0 Å². The molecule has 1 aliphatic heterocycles. The molecule has 15 heavy (non-hydrogen) atoms. The highest BCUT2D eigenvalue weighted by molar-refractivity contribution is 6.01. The third-order valence-electron chi connectivity index (χ3n) is 2.85. The van der Waals surface area contributed by atoms with Crippen molar-refractivity contribution in [2.75, 3.05) is 0 Å². The van der Waals surface area contributed by atoms with Crippen LogP contribution in [0, 0.1) is 0 Å². The molecule has 0 saturated carbocycles. The summed E-state index contributed by atoms with van der Waals surface area (Å²) in [4.78, 5) is 25.7. The zero-order valence-corrected chi connectivity index (χ0v) is 10.3. The van der Waals surface area contributed by atoms with Crippen LogP contribution in [0.4, 0.5) is 0 Å². The molecule has 1 saturated heterocycles.